The molecule has 1 aliphatic heterocycles. The Balaban J connectivity index is 1.58. The summed E-state index contributed by atoms with van der Waals surface area (Å²) in [7, 11) is 0. The van der Waals surface area contributed by atoms with Gasteiger partial charge in [0.25, 0.3) is 17.7 Å². The lowest BCUT2D eigenvalue weighted by Crippen LogP contribution is -2.54. The number of carbonyl (C=O) groups excluding carboxylic acids is 4. The van der Waals surface area contributed by atoms with Gasteiger partial charge in [-0.05, 0) is 48.5 Å². The summed E-state index contributed by atoms with van der Waals surface area (Å²) in [6.45, 7) is -0.349. The number of barbiturate groups is 1. The zero-order valence-corrected chi connectivity index (χ0v) is 20.3. The van der Waals surface area contributed by atoms with Crippen LogP contribution in [0.4, 0.5) is 16.2 Å². The highest BCUT2D eigenvalue weighted by Crippen LogP contribution is 2.28. The average Bonchev–Trinajstić information content (AvgIpc) is 2.83. The van der Waals surface area contributed by atoms with Crippen molar-refractivity contribution in [3.63, 3.8) is 0 Å². The first kappa shape index (κ1) is 24.2. The van der Waals surface area contributed by atoms with Gasteiger partial charge in [0.2, 0.25) is 0 Å². The lowest BCUT2D eigenvalue weighted by atomic mass is 10.1. The van der Waals surface area contributed by atoms with E-state index in [1.54, 1.807) is 72.8 Å². The standard InChI is InChI=1S/C25H17BrClN3O5/c26-16-10-11-21(35-14-22(31)28-20-9-5-4-8-19(20)27)15(12-16)13-18-23(32)29-25(34)30(24(18)33)17-6-2-1-3-7-17/h1-13H,14H2,(H,28,31)(H,29,32,34)/b18-13-. The fraction of sp³-hybridized carbons (Fsp3) is 0.0400. The van der Waals surface area contributed by atoms with Crippen LogP contribution >= 0.6 is 27.5 Å². The molecule has 10 heteroatoms. The Kier molecular flexibility index (Phi) is 7.28. The summed E-state index contributed by atoms with van der Waals surface area (Å²) in [5.41, 5.74) is 0.842. The van der Waals surface area contributed by atoms with E-state index in [9.17, 15) is 19.2 Å². The maximum Gasteiger partial charge on any atom is 0.335 e. The molecule has 2 N–H and O–H groups in total. The largest absolute Gasteiger partial charge is 0.483 e. The molecule has 0 saturated carbocycles. The van der Waals surface area contributed by atoms with Crippen LogP contribution < -0.4 is 20.3 Å². The van der Waals surface area contributed by atoms with Gasteiger partial charge in [-0.2, -0.15) is 0 Å². The van der Waals surface area contributed by atoms with Gasteiger partial charge in [-0.25, -0.2) is 9.69 Å². The lowest BCUT2D eigenvalue weighted by Gasteiger charge is -2.26. The van der Waals surface area contributed by atoms with E-state index < -0.39 is 23.8 Å². The molecule has 0 unspecified atom stereocenters. The highest BCUT2D eigenvalue weighted by atomic mass is 79.9. The van der Waals surface area contributed by atoms with Crippen LogP contribution in [0.15, 0.2) is 82.8 Å². The fourth-order valence-electron chi connectivity index (χ4n) is 3.28. The van der Waals surface area contributed by atoms with E-state index in [0.717, 1.165) is 4.90 Å². The SMILES string of the molecule is O=C(COc1ccc(Br)cc1/C=C1/C(=O)NC(=O)N(c2ccccc2)C1=O)Nc1ccccc1Cl. The summed E-state index contributed by atoms with van der Waals surface area (Å²) >= 11 is 9.42. The molecule has 8 nitrogen and oxygen atoms in total. The van der Waals surface area contributed by atoms with E-state index in [4.69, 9.17) is 16.3 Å². The Morgan fingerprint density at radius 1 is 1.03 bits per heavy atom. The molecule has 4 rings (SSSR count). The molecule has 0 radical (unpaired) electrons. The number of rotatable bonds is 6. The first-order chi connectivity index (χ1) is 16.8. The van der Waals surface area contributed by atoms with E-state index in [1.807, 2.05) is 0 Å². The Morgan fingerprint density at radius 2 is 1.74 bits per heavy atom. The smallest absolute Gasteiger partial charge is 0.335 e. The minimum atomic E-state index is -0.842. The minimum Gasteiger partial charge on any atom is -0.483 e. The van der Waals surface area contributed by atoms with Gasteiger partial charge in [-0.15, -0.1) is 0 Å². The van der Waals surface area contributed by atoms with Crippen molar-refractivity contribution >= 4 is 68.7 Å². The van der Waals surface area contributed by atoms with Crippen molar-refractivity contribution in [3.8, 4) is 5.75 Å². The zero-order valence-electron chi connectivity index (χ0n) is 18.0. The molecule has 0 bridgehead atoms. The minimum absolute atomic E-state index is 0.249. The van der Waals surface area contributed by atoms with Crippen molar-refractivity contribution in [2.75, 3.05) is 16.8 Å². The number of urea groups is 1. The Bertz CT molecular complexity index is 1360. The van der Waals surface area contributed by atoms with Gasteiger partial charge in [0, 0.05) is 10.0 Å². The number of carbonyl (C=O) groups is 4. The normalized spacial score (nSPS) is 14.6. The van der Waals surface area contributed by atoms with Crippen molar-refractivity contribution in [1.82, 2.24) is 5.32 Å². The second-order valence-electron chi connectivity index (χ2n) is 7.29. The van der Waals surface area contributed by atoms with E-state index in [-0.39, 0.29) is 17.9 Å². The summed E-state index contributed by atoms with van der Waals surface area (Å²) in [5.74, 6) is -1.83. The number of nitrogens with zero attached hydrogens (tertiary/aromatic N) is 1. The van der Waals surface area contributed by atoms with Crippen LogP contribution in [0, 0.1) is 0 Å². The summed E-state index contributed by atoms with van der Waals surface area (Å²) in [6.07, 6.45) is 1.31. The summed E-state index contributed by atoms with van der Waals surface area (Å²) in [5, 5.41) is 5.21. The number of amides is 5. The molecular formula is C25H17BrClN3O5. The monoisotopic (exact) mass is 553 g/mol. The zero-order chi connectivity index (χ0) is 24.9. The van der Waals surface area contributed by atoms with E-state index in [0.29, 0.717) is 26.4 Å². The van der Waals surface area contributed by atoms with E-state index in [2.05, 4.69) is 26.6 Å². The van der Waals surface area contributed by atoms with Crippen LogP contribution in [-0.4, -0.2) is 30.4 Å². The number of hydrogen-bond acceptors (Lipinski definition) is 5. The molecule has 1 saturated heterocycles. The fourth-order valence-corrected chi connectivity index (χ4v) is 3.84. The van der Waals surface area contributed by atoms with Gasteiger partial charge in [0.15, 0.2) is 6.61 Å². The van der Waals surface area contributed by atoms with Gasteiger partial charge in [0.05, 0.1) is 16.4 Å². The number of halogens is 2. The van der Waals surface area contributed by atoms with Crippen molar-refractivity contribution < 1.29 is 23.9 Å². The lowest BCUT2D eigenvalue weighted by molar-refractivity contribution is -0.122. The predicted molar refractivity (Wildman–Crippen MR) is 135 cm³/mol. The van der Waals surface area contributed by atoms with Gasteiger partial charge >= 0.3 is 6.03 Å². The first-order valence-corrected chi connectivity index (χ1v) is 11.4. The van der Waals surface area contributed by atoms with E-state index in [1.165, 1.54) is 6.08 Å². The third-order valence-electron chi connectivity index (χ3n) is 4.89. The van der Waals surface area contributed by atoms with Crippen LogP contribution in [0.3, 0.4) is 0 Å². The summed E-state index contributed by atoms with van der Waals surface area (Å²) in [4.78, 5) is 51.2. The second kappa shape index (κ2) is 10.5. The Hall–Kier alpha value is -3.95. The van der Waals surface area contributed by atoms with Crippen LogP contribution in [0.2, 0.25) is 5.02 Å². The van der Waals surface area contributed by atoms with Crippen LogP contribution in [0.25, 0.3) is 6.08 Å². The number of hydrogen-bond donors (Lipinski definition) is 2. The van der Waals surface area contributed by atoms with Crippen LogP contribution in [-0.2, 0) is 14.4 Å². The molecule has 3 aromatic rings. The van der Waals surface area contributed by atoms with Gasteiger partial charge in [-0.3, -0.25) is 19.7 Å². The number of benzene rings is 3. The molecule has 35 heavy (non-hydrogen) atoms. The Morgan fingerprint density at radius 3 is 2.49 bits per heavy atom. The molecule has 0 spiro atoms. The summed E-state index contributed by atoms with van der Waals surface area (Å²) in [6, 6.07) is 19.1. The highest BCUT2D eigenvalue weighted by Gasteiger charge is 2.36. The average molecular weight is 555 g/mol. The van der Waals surface area contributed by atoms with Crippen molar-refractivity contribution in [2.45, 2.75) is 0 Å². The van der Waals surface area contributed by atoms with Crippen molar-refractivity contribution in [1.29, 1.82) is 0 Å². The molecule has 176 valence electrons. The first-order valence-electron chi connectivity index (χ1n) is 10.3. The topological polar surface area (TPSA) is 105 Å². The molecule has 1 heterocycles. The molecule has 1 fully saturated rings. The maximum absolute atomic E-state index is 13.1. The third-order valence-corrected chi connectivity index (χ3v) is 5.72. The second-order valence-corrected chi connectivity index (χ2v) is 8.62. The Labute approximate surface area is 213 Å². The van der Waals surface area contributed by atoms with Gasteiger partial charge in [0.1, 0.15) is 11.3 Å². The number of nitrogens with one attached hydrogen (secondary N) is 2. The summed E-state index contributed by atoms with van der Waals surface area (Å²) < 4.78 is 6.32. The van der Waals surface area contributed by atoms with Crippen molar-refractivity contribution in [3.05, 3.63) is 93.4 Å². The molecule has 0 atom stereocenters. The molecule has 3 aromatic carbocycles. The number of imide groups is 2. The van der Waals surface area contributed by atoms with E-state index >= 15 is 0 Å². The number of para-hydroxylation sites is 2. The molecule has 5 amide bonds. The van der Waals surface area contributed by atoms with Gasteiger partial charge < -0.3 is 10.1 Å². The maximum atomic E-state index is 13.1. The van der Waals surface area contributed by atoms with Crippen molar-refractivity contribution in [2.24, 2.45) is 0 Å². The van der Waals surface area contributed by atoms with Gasteiger partial charge in [-0.1, -0.05) is 57.9 Å². The van der Waals surface area contributed by atoms with Crippen LogP contribution in [0.5, 0.6) is 5.75 Å². The highest BCUT2D eigenvalue weighted by molar-refractivity contribution is 9.10. The van der Waals surface area contributed by atoms with Crippen LogP contribution in [0.1, 0.15) is 5.56 Å². The third kappa shape index (κ3) is 5.59. The number of anilines is 2. The molecule has 0 aliphatic carbocycles. The molecular weight excluding hydrogens is 538 g/mol. The quantitative estimate of drug-likeness (QED) is 0.337. The number of ether oxygens (including phenoxy) is 1. The molecule has 0 aromatic heterocycles. The predicted octanol–water partition coefficient (Wildman–Crippen LogP) is 4.79. The molecule has 1 aliphatic rings.